The fraction of sp³-hybridized carbons (Fsp3) is 0.762. The fourth-order valence-corrected chi connectivity index (χ4v) is 4.72. The first-order chi connectivity index (χ1) is 12.2. The van der Waals surface area contributed by atoms with Crippen molar-refractivity contribution in [2.45, 2.75) is 102 Å². The van der Waals surface area contributed by atoms with E-state index < -0.39 is 0 Å². The second-order valence-corrected chi connectivity index (χ2v) is 8.30. The summed E-state index contributed by atoms with van der Waals surface area (Å²) in [5.74, 6) is 1.67. The number of hydrogen-bond donors (Lipinski definition) is 0. The molecule has 0 atom stereocenters. The Kier molecular flexibility index (Phi) is 5.05. The average Bonchev–Trinajstić information content (AvgIpc) is 3.49. The van der Waals surface area contributed by atoms with E-state index in [9.17, 15) is 4.79 Å². The van der Waals surface area contributed by atoms with Crippen molar-refractivity contribution in [1.82, 2.24) is 14.9 Å². The molecule has 25 heavy (non-hydrogen) atoms. The number of hydrogen-bond acceptors (Lipinski definition) is 3. The average molecular weight is 341 g/mol. The summed E-state index contributed by atoms with van der Waals surface area (Å²) in [7, 11) is 0. The van der Waals surface area contributed by atoms with Gasteiger partial charge in [0, 0.05) is 24.2 Å². The topological polar surface area (TPSA) is 46.1 Å². The van der Waals surface area contributed by atoms with Gasteiger partial charge in [0.2, 0.25) is 0 Å². The van der Waals surface area contributed by atoms with Crippen molar-refractivity contribution in [3.63, 3.8) is 0 Å². The number of carbonyl (C=O) groups is 1. The number of aryl methyl sites for hydroxylation is 1. The number of nitrogens with zero attached hydrogens (tertiary/aromatic N) is 3. The molecule has 0 radical (unpaired) electrons. The van der Waals surface area contributed by atoms with Crippen LogP contribution in [0.3, 0.4) is 0 Å². The summed E-state index contributed by atoms with van der Waals surface area (Å²) < 4.78 is 0. The van der Waals surface area contributed by atoms with Crippen molar-refractivity contribution < 1.29 is 4.79 Å². The standard InChI is InChI=1S/C21H31N3O/c1-15-19(14-22-20(23-15)16-12-13-16)21(25)24(17-8-4-2-5-9-17)18-10-6-3-7-11-18/h14,16-18H,2-13H2,1H3. The lowest BCUT2D eigenvalue weighted by molar-refractivity contribution is 0.0447. The molecule has 1 aromatic rings. The van der Waals surface area contributed by atoms with Crippen LogP contribution in [-0.4, -0.2) is 32.9 Å². The first-order valence-electron chi connectivity index (χ1n) is 10.4. The molecule has 0 N–H and O–H groups in total. The summed E-state index contributed by atoms with van der Waals surface area (Å²) in [6.07, 6.45) is 16.6. The van der Waals surface area contributed by atoms with E-state index in [4.69, 9.17) is 0 Å². The molecule has 3 aliphatic rings. The Morgan fingerprint density at radius 2 is 1.48 bits per heavy atom. The predicted octanol–water partition coefficient (Wildman–Crippen LogP) is 4.77. The molecule has 0 saturated heterocycles. The van der Waals surface area contributed by atoms with E-state index in [2.05, 4.69) is 14.9 Å². The van der Waals surface area contributed by atoms with Crippen molar-refractivity contribution in [1.29, 1.82) is 0 Å². The molecule has 4 nitrogen and oxygen atoms in total. The van der Waals surface area contributed by atoms with E-state index in [0.717, 1.165) is 17.1 Å². The van der Waals surface area contributed by atoms with Crippen LogP contribution in [0.1, 0.15) is 105 Å². The molecule has 1 aromatic heterocycles. The minimum Gasteiger partial charge on any atom is -0.333 e. The van der Waals surface area contributed by atoms with Gasteiger partial charge >= 0.3 is 0 Å². The van der Waals surface area contributed by atoms with Gasteiger partial charge in [-0.3, -0.25) is 4.79 Å². The summed E-state index contributed by atoms with van der Waals surface area (Å²) in [4.78, 5) is 25.0. The highest BCUT2D eigenvalue weighted by atomic mass is 16.2. The molecule has 3 aliphatic carbocycles. The van der Waals surface area contributed by atoms with E-state index in [0.29, 0.717) is 18.0 Å². The van der Waals surface area contributed by atoms with Gasteiger partial charge in [-0.15, -0.1) is 0 Å². The van der Waals surface area contributed by atoms with Crippen LogP contribution in [0, 0.1) is 6.92 Å². The quantitative estimate of drug-likeness (QED) is 0.792. The van der Waals surface area contributed by atoms with Gasteiger partial charge in [-0.1, -0.05) is 38.5 Å². The highest BCUT2D eigenvalue weighted by Crippen LogP contribution is 2.38. The molecule has 0 unspecified atom stereocenters. The summed E-state index contributed by atoms with van der Waals surface area (Å²) in [6, 6.07) is 0.846. The van der Waals surface area contributed by atoms with Crippen molar-refractivity contribution in [3.05, 3.63) is 23.3 Å². The molecule has 0 aliphatic heterocycles. The summed E-state index contributed by atoms with van der Waals surface area (Å²) >= 11 is 0. The molecule has 4 heteroatoms. The predicted molar refractivity (Wildman–Crippen MR) is 98.7 cm³/mol. The Hall–Kier alpha value is -1.45. The molecule has 1 heterocycles. The molecule has 4 rings (SSSR count). The number of amides is 1. The van der Waals surface area contributed by atoms with Gasteiger partial charge in [-0.2, -0.15) is 0 Å². The molecule has 3 fully saturated rings. The van der Waals surface area contributed by atoms with Crippen LogP contribution in [0.2, 0.25) is 0 Å². The molecule has 1 amide bonds. The lowest BCUT2D eigenvalue weighted by Gasteiger charge is -2.42. The van der Waals surface area contributed by atoms with Crippen LogP contribution >= 0.6 is 0 Å². The normalized spacial score (nSPS) is 22.8. The van der Waals surface area contributed by atoms with Gasteiger partial charge in [0.25, 0.3) is 5.91 Å². The van der Waals surface area contributed by atoms with E-state index in [-0.39, 0.29) is 5.91 Å². The minimum absolute atomic E-state index is 0.193. The molecule has 0 aromatic carbocycles. The lowest BCUT2D eigenvalue weighted by Crippen LogP contribution is -2.49. The number of aromatic nitrogens is 2. The van der Waals surface area contributed by atoms with E-state index >= 15 is 0 Å². The third-order valence-electron chi connectivity index (χ3n) is 6.34. The molecular weight excluding hydrogens is 310 g/mol. The SMILES string of the molecule is Cc1nc(C2CC2)ncc1C(=O)N(C1CCCCC1)C1CCCCC1. The van der Waals surface area contributed by atoms with Gasteiger partial charge in [0.05, 0.1) is 11.3 Å². The van der Waals surface area contributed by atoms with Gasteiger partial charge in [0.15, 0.2) is 0 Å². The van der Waals surface area contributed by atoms with Crippen LogP contribution in [0.4, 0.5) is 0 Å². The molecular formula is C21H31N3O. The first-order valence-corrected chi connectivity index (χ1v) is 10.4. The zero-order valence-electron chi connectivity index (χ0n) is 15.5. The summed E-state index contributed by atoms with van der Waals surface area (Å²) in [5.41, 5.74) is 1.61. The first kappa shape index (κ1) is 17.0. The van der Waals surface area contributed by atoms with Gasteiger partial charge in [0.1, 0.15) is 5.82 Å². The summed E-state index contributed by atoms with van der Waals surface area (Å²) in [5, 5.41) is 0. The largest absolute Gasteiger partial charge is 0.333 e. The van der Waals surface area contributed by atoms with Crippen LogP contribution in [-0.2, 0) is 0 Å². The fourth-order valence-electron chi connectivity index (χ4n) is 4.72. The number of rotatable bonds is 4. The van der Waals surface area contributed by atoms with Crippen LogP contribution in [0.15, 0.2) is 6.20 Å². The molecule has 136 valence electrons. The Labute approximate surface area is 151 Å². The Morgan fingerprint density at radius 1 is 0.920 bits per heavy atom. The molecule has 0 bridgehead atoms. The zero-order chi connectivity index (χ0) is 17.2. The minimum atomic E-state index is 0.193. The van der Waals surface area contributed by atoms with Crippen LogP contribution < -0.4 is 0 Å². The van der Waals surface area contributed by atoms with Crippen molar-refractivity contribution in [2.24, 2.45) is 0 Å². The van der Waals surface area contributed by atoms with Crippen molar-refractivity contribution in [3.8, 4) is 0 Å². The maximum absolute atomic E-state index is 13.5. The van der Waals surface area contributed by atoms with Gasteiger partial charge in [-0.25, -0.2) is 9.97 Å². The van der Waals surface area contributed by atoms with Gasteiger partial charge in [-0.05, 0) is 45.4 Å². The highest BCUT2D eigenvalue weighted by molar-refractivity contribution is 5.95. The van der Waals surface area contributed by atoms with Crippen molar-refractivity contribution >= 4 is 5.91 Å². The Morgan fingerprint density at radius 3 is 1.96 bits per heavy atom. The lowest BCUT2D eigenvalue weighted by atomic mass is 9.88. The maximum Gasteiger partial charge on any atom is 0.257 e. The smallest absolute Gasteiger partial charge is 0.257 e. The maximum atomic E-state index is 13.5. The monoisotopic (exact) mass is 341 g/mol. The second-order valence-electron chi connectivity index (χ2n) is 8.30. The van der Waals surface area contributed by atoms with E-state index in [1.54, 1.807) is 0 Å². The third-order valence-corrected chi connectivity index (χ3v) is 6.34. The Balaban J connectivity index is 1.59. The Bertz CT molecular complexity index is 596. The van der Waals surface area contributed by atoms with Crippen LogP contribution in [0.25, 0.3) is 0 Å². The number of carbonyl (C=O) groups excluding carboxylic acids is 1. The van der Waals surface area contributed by atoms with Gasteiger partial charge < -0.3 is 4.90 Å². The van der Waals surface area contributed by atoms with Crippen molar-refractivity contribution in [2.75, 3.05) is 0 Å². The molecule has 0 spiro atoms. The second kappa shape index (κ2) is 7.43. The third kappa shape index (κ3) is 3.73. The molecule has 3 saturated carbocycles. The summed E-state index contributed by atoms with van der Waals surface area (Å²) in [6.45, 7) is 1.99. The highest BCUT2D eigenvalue weighted by Gasteiger charge is 2.34. The van der Waals surface area contributed by atoms with Crippen LogP contribution in [0.5, 0.6) is 0 Å². The van der Waals surface area contributed by atoms with E-state index in [1.165, 1.54) is 77.0 Å². The van der Waals surface area contributed by atoms with E-state index in [1.807, 2.05) is 13.1 Å². The zero-order valence-corrected chi connectivity index (χ0v) is 15.5.